The molecule has 0 aliphatic heterocycles. The molecule has 16 heavy (non-hydrogen) atoms. The Bertz CT molecular complexity index is 481. The number of aryl methyl sites for hydroxylation is 1. The molecule has 1 unspecified atom stereocenters. The molecule has 1 N–H and O–H groups in total. The van der Waals surface area contributed by atoms with E-state index in [9.17, 15) is 14.4 Å². The molecule has 1 aromatic rings. The summed E-state index contributed by atoms with van der Waals surface area (Å²) in [5.74, 6) is -4.01. The van der Waals surface area contributed by atoms with Crippen molar-refractivity contribution in [2.24, 2.45) is 5.92 Å². The first-order valence-corrected chi connectivity index (χ1v) is 4.85. The second-order valence-corrected chi connectivity index (χ2v) is 3.66. The molecule has 0 bridgehead atoms. The summed E-state index contributed by atoms with van der Waals surface area (Å²) >= 11 is 0. The van der Waals surface area contributed by atoms with Crippen LogP contribution >= 0.6 is 0 Å². The third-order valence-corrected chi connectivity index (χ3v) is 2.72. The predicted octanol–water partition coefficient (Wildman–Crippen LogP) is 0.480. The molecule has 5 nitrogen and oxygen atoms in total. The van der Waals surface area contributed by atoms with Crippen LogP contribution in [0.1, 0.15) is 22.3 Å². The van der Waals surface area contributed by atoms with Crippen LogP contribution in [0.15, 0.2) is 18.5 Å². The van der Waals surface area contributed by atoms with E-state index in [0.717, 1.165) is 5.56 Å². The number of Topliss-reactive ketones (excluding diaryl/α,β-unsaturated/α-hetero) is 2. The van der Waals surface area contributed by atoms with Gasteiger partial charge in [-0.3, -0.25) is 14.6 Å². The SMILES string of the molecule is O=C(O)C(=O)C1CCc2cnccc2C1=O. The number of hydrogen-bond donors (Lipinski definition) is 1. The molecule has 5 heteroatoms. The quantitative estimate of drug-likeness (QED) is 0.577. The van der Waals surface area contributed by atoms with Crippen molar-refractivity contribution in [3.63, 3.8) is 0 Å². The minimum atomic E-state index is -1.55. The van der Waals surface area contributed by atoms with Crippen LogP contribution < -0.4 is 0 Å². The Morgan fingerprint density at radius 1 is 1.44 bits per heavy atom. The Balaban J connectivity index is 2.35. The molecule has 1 aromatic heterocycles. The van der Waals surface area contributed by atoms with E-state index in [0.29, 0.717) is 12.0 Å². The van der Waals surface area contributed by atoms with E-state index >= 15 is 0 Å². The molecule has 0 saturated heterocycles. The number of carboxylic acids is 1. The summed E-state index contributed by atoms with van der Waals surface area (Å²) in [5, 5.41) is 8.59. The number of rotatable bonds is 2. The van der Waals surface area contributed by atoms with Gasteiger partial charge in [0.15, 0.2) is 5.78 Å². The molecule has 0 spiro atoms. The van der Waals surface area contributed by atoms with Gasteiger partial charge in [-0.1, -0.05) is 0 Å². The summed E-state index contributed by atoms with van der Waals surface area (Å²) in [6, 6.07) is 1.53. The summed E-state index contributed by atoms with van der Waals surface area (Å²) in [5.41, 5.74) is 1.20. The molecule has 1 aliphatic carbocycles. The topological polar surface area (TPSA) is 84.3 Å². The summed E-state index contributed by atoms with van der Waals surface area (Å²) in [6.45, 7) is 0. The maximum Gasteiger partial charge on any atom is 0.372 e. The first kappa shape index (κ1) is 10.5. The zero-order chi connectivity index (χ0) is 11.7. The van der Waals surface area contributed by atoms with Crippen molar-refractivity contribution in [3.05, 3.63) is 29.6 Å². The van der Waals surface area contributed by atoms with Gasteiger partial charge < -0.3 is 5.11 Å². The average molecular weight is 219 g/mol. The lowest BCUT2D eigenvalue weighted by Gasteiger charge is -2.20. The molecule has 82 valence electrons. The van der Waals surface area contributed by atoms with Gasteiger partial charge in [-0.05, 0) is 24.5 Å². The standard InChI is InChI=1S/C11H9NO4/c13-9-7-3-4-12-5-6(7)1-2-8(9)10(14)11(15)16/h3-5,8H,1-2H2,(H,15,16). The second kappa shape index (κ2) is 3.84. The summed E-state index contributed by atoms with van der Waals surface area (Å²) in [4.78, 5) is 37.6. The van der Waals surface area contributed by atoms with Crippen LogP contribution in [0.5, 0.6) is 0 Å². The minimum Gasteiger partial charge on any atom is -0.475 e. The Labute approximate surface area is 91.1 Å². The van der Waals surface area contributed by atoms with Gasteiger partial charge in [-0.25, -0.2) is 4.79 Å². The number of ketones is 2. The van der Waals surface area contributed by atoms with E-state index in [2.05, 4.69) is 4.98 Å². The normalized spacial score (nSPS) is 19.0. The van der Waals surface area contributed by atoms with Gasteiger partial charge in [-0.15, -0.1) is 0 Å². The van der Waals surface area contributed by atoms with Crippen molar-refractivity contribution < 1.29 is 19.5 Å². The van der Waals surface area contributed by atoms with Gasteiger partial charge in [0, 0.05) is 18.0 Å². The molecule has 1 aliphatic rings. The molecular weight excluding hydrogens is 210 g/mol. The van der Waals surface area contributed by atoms with Gasteiger partial charge in [-0.2, -0.15) is 0 Å². The van der Waals surface area contributed by atoms with E-state index < -0.39 is 23.5 Å². The van der Waals surface area contributed by atoms with Gasteiger partial charge in [0.2, 0.25) is 0 Å². The van der Waals surface area contributed by atoms with Gasteiger partial charge in [0.1, 0.15) is 0 Å². The van der Waals surface area contributed by atoms with Gasteiger partial charge in [0.05, 0.1) is 5.92 Å². The number of carboxylic acid groups (broad SMARTS) is 1. The van der Waals surface area contributed by atoms with Crippen LogP contribution in [0.4, 0.5) is 0 Å². The monoisotopic (exact) mass is 219 g/mol. The second-order valence-electron chi connectivity index (χ2n) is 3.66. The fourth-order valence-electron chi connectivity index (χ4n) is 1.88. The van der Waals surface area contributed by atoms with Crippen molar-refractivity contribution in [3.8, 4) is 0 Å². The van der Waals surface area contributed by atoms with E-state index in [1.807, 2.05) is 0 Å². The van der Waals surface area contributed by atoms with Crippen molar-refractivity contribution >= 4 is 17.5 Å². The van der Waals surface area contributed by atoms with Crippen molar-refractivity contribution in [2.75, 3.05) is 0 Å². The predicted molar refractivity (Wildman–Crippen MR) is 53.0 cm³/mol. The number of fused-ring (bicyclic) bond motifs is 1. The zero-order valence-corrected chi connectivity index (χ0v) is 8.34. The average Bonchev–Trinajstić information content (AvgIpc) is 2.29. The number of aromatic nitrogens is 1. The number of hydrogen-bond acceptors (Lipinski definition) is 4. The minimum absolute atomic E-state index is 0.253. The first-order chi connectivity index (χ1) is 7.61. The Morgan fingerprint density at radius 2 is 2.19 bits per heavy atom. The van der Waals surface area contributed by atoms with Crippen LogP contribution in [-0.4, -0.2) is 27.6 Å². The number of aliphatic carboxylic acids is 1. The van der Waals surface area contributed by atoms with Crippen molar-refractivity contribution in [2.45, 2.75) is 12.8 Å². The van der Waals surface area contributed by atoms with E-state index in [4.69, 9.17) is 5.11 Å². The molecule has 0 fully saturated rings. The zero-order valence-electron chi connectivity index (χ0n) is 8.34. The largest absolute Gasteiger partial charge is 0.475 e. The Morgan fingerprint density at radius 3 is 2.88 bits per heavy atom. The van der Waals surface area contributed by atoms with Crippen LogP contribution in [0.3, 0.4) is 0 Å². The number of carbonyl (C=O) groups excluding carboxylic acids is 2. The van der Waals surface area contributed by atoms with Gasteiger partial charge in [0.25, 0.3) is 5.78 Å². The molecule has 1 heterocycles. The van der Waals surface area contributed by atoms with E-state index in [1.54, 1.807) is 6.20 Å². The molecule has 2 rings (SSSR count). The lowest BCUT2D eigenvalue weighted by atomic mass is 9.81. The Kier molecular flexibility index (Phi) is 2.52. The maximum absolute atomic E-state index is 11.9. The highest BCUT2D eigenvalue weighted by molar-refractivity contribution is 6.39. The summed E-state index contributed by atoms with van der Waals surface area (Å²) < 4.78 is 0. The van der Waals surface area contributed by atoms with Crippen molar-refractivity contribution in [1.29, 1.82) is 0 Å². The molecule has 0 saturated carbocycles. The highest BCUT2D eigenvalue weighted by Gasteiger charge is 2.35. The third kappa shape index (κ3) is 1.60. The van der Waals surface area contributed by atoms with E-state index in [-0.39, 0.29) is 6.42 Å². The molecule has 0 radical (unpaired) electrons. The Hall–Kier alpha value is -2.04. The van der Waals surface area contributed by atoms with Crippen LogP contribution in [0.2, 0.25) is 0 Å². The number of nitrogens with zero attached hydrogens (tertiary/aromatic N) is 1. The number of pyridine rings is 1. The lowest BCUT2D eigenvalue weighted by molar-refractivity contribution is -0.150. The first-order valence-electron chi connectivity index (χ1n) is 4.85. The summed E-state index contributed by atoms with van der Waals surface area (Å²) in [7, 11) is 0. The smallest absolute Gasteiger partial charge is 0.372 e. The van der Waals surface area contributed by atoms with Crippen LogP contribution in [-0.2, 0) is 16.0 Å². The van der Waals surface area contributed by atoms with Crippen LogP contribution in [0, 0.1) is 5.92 Å². The fraction of sp³-hybridized carbons (Fsp3) is 0.273. The fourth-order valence-corrected chi connectivity index (χ4v) is 1.88. The van der Waals surface area contributed by atoms with Crippen molar-refractivity contribution in [1.82, 2.24) is 4.98 Å². The highest BCUT2D eigenvalue weighted by Crippen LogP contribution is 2.25. The molecule has 0 aromatic carbocycles. The van der Waals surface area contributed by atoms with Crippen LogP contribution in [0.25, 0.3) is 0 Å². The van der Waals surface area contributed by atoms with Gasteiger partial charge >= 0.3 is 5.97 Å². The lowest BCUT2D eigenvalue weighted by Crippen LogP contribution is -2.33. The molecule has 0 amide bonds. The molecule has 1 atom stereocenters. The number of carbonyl (C=O) groups is 3. The van der Waals surface area contributed by atoms with E-state index in [1.165, 1.54) is 12.3 Å². The summed E-state index contributed by atoms with van der Waals surface area (Å²) in [6.07, 6.45) is 3.81. The third-order valence-electron chi connectivity index (χ3n) is 2.72. The maximum atomic E-state index is 11.9. The molecular formula is C11H9NO4. The highest BCUT2D eigenvalue weighted by atomic mass is 16.4.